The summed E-state index contributed by atoms with van der Waals surface area (Å²) in [4.78, 5) is 26.3. The van der Waals surface area contributed by atoms with Crippen LogP contribution in [0.15, 0.2) is 11.4 Å². The highest BCUT2D eigenvalue weighted by atomic mass is 32.2. The molecule has 1 aromatic heterocycles. The van der Waals surface area contributed by atoms with Crippen LogP contribution in [-0.2, 0) is 21.5 Å². The Kier molecular flexibility index (Phi) is 4.39. The zero-order valence-corrected chi connectivity index (χ0v) is 11.5. The third kappa shape index (κ3) is 2.84. The van der Waals surface area contributed by atoms with Gasteiger partial charge < -0.3 is 15.4 Å². The zero-order chi connectivity index (χ0) is 13.9. The number of thioether (sulfide) groups is 1. The number of carboxylic acids is 1. The first-order chi connectivity index (χ1) is 8.30. The number of amides is 1. The van der Waals surface area contributed by atoms with Gasteiger partial charge in [0, 0.05) is 11.9 Å². The second-order valence-electron chi connectivity index (χ2n) is 4.33. The molecule has 0 fully saturated rings. The van der Waals surface area contributed by atoms with E-state index in [2.05, 4.69) is 4.98 Å². The third-order valence-corrected chi connectivity index (χ3v) is 3.59. The van der Waals surface area contributed by atoms with Crippen LogP contribution in [0.3, 0.4) is 0 Å². The van der Waals surface area contributed by atoms with E-state index in [1.54, 1.807) is 24.6 Å². The molecule has 1 amide bonds. The van der Waals surface area contributed by atoms with Crippen molar-refractivity contribution in [2.24, 2.45) is 5.73 Å². The molecular weight excluding hydrogens is 254 g/mol. The molecule has 0 saturated carbocycles. The molecule has 0 radical (unpaired) electrons. The number of rotatable bonds is 6. The average Bonchev–Trinajstić information content (AvgIpc) is 2.69. The summed E-state index contributed by atoms with van der Waals surface area (Å²) < 4.78 is 1.71. The lowest BCUT2D eigenvalue weighted by Gasteiger charge is -2.26. The molecule has 100 valence electrons. The summed E-state index contributed by atoms with van der Waals surface area (Å²) in [6.07, 6.45) is 2.34. The van der Waals surface area contributed by atoms with E-state index in [-0.39, 0.29) is 5.75 Å². The number of nitrogens with zero attached hydrogens (tertiary/aromatic N) is 2. The summed E-state index contributed by atoms with van der Waals surface area (Å²) in [5.41, 5.74) is 5.32. The average molecular weight is 271 g/mol. The predicted molar refractivity (Wildman–Crippen MR) is 68.5 cm³/mol. The van der Waals surface area contributed by atoms with Crippen molar-refractivity contribution < 1.29 is 14.7 Å². The van der Waals surface area contributed by atoms with Crippen molar-refractivity contribution in [3.05, 3.63) is 11.9 Å². The minimum atomic E-state index is -0.928. The molecule has 0 spiro atoms. The van der Waals surface area contributed by atoms with Crippen molar-refractivity contribution in [1.82, 2.24) is 9.55 Å². The van der Waals surface area contributed by atoms with E-state index in [1.807, 2.05) is 6.92 Å². The van der Waals surface area contributed by atoms with Crippen LogP contribution in [0.1, 0.15) is 26.5 Å². The molecule has 0 aliphatic rings. The van der Waals surface area contributed by atoms with Crippen LogP contribution in [-0.4, -0.2) is 32.3 Å². The Balaban J connectivity index is 3.17. The summed E-state index contributed by atoms with van der Waals surface area (Å²) in [6.45, 7) is 5.33. The first-order valence-corrected chi connectivity index (χ1v) is 6.50. The largest absolute Gasteiger partial charge is 0.481 e. The van der Waals surface area contributed by atoms with Crippen molar-refractivity contribution in [3.63, 3.8) is 0 Å². The fourth-order valence-electron chi connectivity index (χ4n) is 1.55. The van der Waals surface area contributed by atoms with Gasteiger partial charge >= 0.3 is 5.97 Å². The Bertz CT molecular complexity index is 468. The number of carbonyl (C=O) groups excluding carboxylic acids is 1. The van der Waals surface area contributed by atoms with Gasteiger partial charge in [-0.05, 0) is 20.3 Å². The Morgan fingerprint density at radius 3 is 2.61 bits per heavy atom. The molecule has 0 aliphatic heterocycles. The van der Waals surface area contributed by atoms with E-state index in [0.29, 0.717) is 11.6 Å². The van der Waals surface area contributed by atoms with Crippen LogP contribution in [0.2, 0.25) is 0 Å². The van der Waals surface area contributed by atoms with Gasteiger partial charge in [-0.25, -0.2) is 4.98 Å². The quantitative estimate of drug-likeness (QED) is 0.747. The van der Waals surface area contributed by atoms with Crippen LogP contribution < -0.4 is 5.73 Å². The van der Waals surface area contributed by atoms with Crippen molar-refractivity contribution in [2.45, 2.75) is 37.9 Å². The molecule has 7 heteroatoms. The molecule has 1 heterocycles. The zero-order valence-electron chi connectivity index (χ0n) is 10.6. The SMILES string of the molecule is CCc1cnc(SCC(=O)O)n1C(C)(C)C(N)=O. The topological polar surface area (TPSA) is 98.2 Å². The number of nitrogens with two attached hydrogens (primary N) is 1. The highest BCUT2D eigenvalue weighted by Gasteiger charge is 2.31. The Morgan fingerprint density at radius 2 is 2.17 bits per heavy atom. The number of aromatic nitrogens is 2. The van der Waals surface area contributed by atoms with Gasteiger partial charge in [0.25, 0.3) is 0 Å². The van der Waals surface area contributed by atoms with Gasteiger partial charge in [0.2, 0.25) is 5.91 Å². The van der Waals surface area contributed by atoms with Crippen molar-refractivity contribution in [1.29, 1.82) is 0 Å². The van der Waals surface area contributed by atoms with Crippen molar-refractivity contribution in [3.8, 4) is 0 Å². The normalized spacial score (nSPS) is 11.5. The van der Waals surface area contributed by atoms with E-state index in [9.17, 15) is 9.59 Å². The number of carbonyl (C=O) groups is 2. The van der Waals surface area contributed by atoms with Gasteiger partial charge in [-0.1, -0.05) is 18.7 Å². The lowest BCUT2D eigenvalue weighted by atomic mass is 10.0. The summed E-state index contributed by atoms with van der Waals surface area (Å²) in [5.74, 6) is -1.51. The molecule has 0 aliphatic carbocycles. The number of imidazole rings is 1. The molecular formula is C11H17N3O3S. The Morgan fingerprint density at radius 1 is 1.56 bits per heavy atom. The second-order valence-corrected chi connectivity index (χ2v) is 5.27. The maximum Gasteiger partial charge on any atom is 0.313 e. The van der Waals surface area contributed by atoms with Crippen molar-refractivity contribution >= 4 is 23.6 Å². The van der Waals surface area contributed by atoms with Crippen LogP contribution >= 0.6 is 11.8 Å². The van der Waals surface area contributed by atoms with E-state index < -0.39 is 17.4 Å². The Hall–Kier alpha value is -1.50. The summed E-state index contributed by atoms with van der Waals surface area (Å²) in [7, 11) is 0. The van der Waals surface area contributed by atoms with Crippen molar-refractivity contribution in [2.75, 3.05) is 5.75 Å². The van der Waals surface area contributed by atoms with Gasteiger partial charge in [0.05, 0.1) is 5.75 Å². The monoisotopic (exact) mass is 271 g/mol. The first-order valence-electron chi connectivity index (χ1n) is 5.52. The molecule has 0 aromatic carbocycles. The number of carboxylic acid groups (broad SMARTS) is 1. The molecule has 1 aromatic rings. The van der Waals surface area contributed by atoms with E-state index in [4.69, 9.17) is 10.8 Å². The van der Waals surface area contributed by atoms with Gasteiger partial charge in [0.15, 0.2) is 5.16 Å². The fraction of sp³-hybridized carbons (Fsp3) is 0.545. The summed E-state index contributed by atoms with van der Waals surface area (Å²) in [5, 5.41) is 9.19. The highest BCUT2D eigenvalue weighted by molar-refractivity contribution is 7.99. The predicted octanol–water partition coefficient (Wildman–Crippen LogP) is 0.843. The summed E-state index contributed by atoms with van der Waals surface area (Å²) >= 11 is 1.08. The van der Waals surface area contributed by atoms with Gasteiger partial charge in [-0.15, -0.1) is 0 Å². The molecule has 3 N–H and O–H groups in total. The van der Waals surface area contributed by atoms with Crippen LogP contribution in [0.25, 0.3) is 0 Å². The maximum absolute atomic E-state index is 11.5. The smallest absolute Gasteiger partial charge is 0.313 e. The lowest BCUT2D eigenvalue weighted by molar-refractivity contribution is -0.133. The molecule has 0 bridgehead atoms. The third-order valence-electron chi connectivity index (χ3n) is 2.65. The fourth-order valence-corrected chi connectivity index (χ4v) is 2.41. The number of hydrogen-bond acceptors (Lipinski definition) is 4. The van der Waals surface area contributed by atoms with Crippen LogP contribution in [0.5, 0.6) is 0 Å². The minimum Gasteiger partial charge on any atom is -0.481 e. The summed E-state index contributed by atoms with van der Waals surface area (Å²) in [6, 6.07) is 0. The lowest BCUT2D eigenvalue weighted by Crippen LogP contribution is -2.42. The van der Waals surface area contributed by atoms with E-state index in [0.717, 1.165) is 17.5 Å². The number of aryl methyl sites for hydroxylation is 1. The molecule has 0 atom stereocenters. The Labute approximate surface area is 110 Å². The van der Waals surface area contributed by atoms with Gasteiger partial charge in [-0.2, -0.15) is 0 Å². The maximum atomic E-state index is 11.5. The van der Waals surface area contributed by atoms with Crippen LogP contribution in [0.4, 0.5) is 0 Å². The number of aliphatic carboxylic acids is 1. The number of primary amides is 1. The second kappa shape index (κ2) is 5.43. The molecule has 1 rings (SSSR count). The molecule has 18 heavy (non-hydrogen) atoms. The molecule has 0 saturated heterocycles. The molecule has 0 unspecified atom stereocenters. The first kappa shape index (κ1) is 14.6. The van der Waals surface area contributed by atoms with Gasteiger partial charge in [-0.3, -0.25) is 9.59 Å². The number of hydrogen-bond donors (Lipinski definition) is 2. The minimum absolute atomic E-state index is 0.102. The standard InChI is InChI=1S/C11H17N3O3S/c1-4-7-5-13-10(18-6-8(15)16)14(7)11(2,3)9(12)17/h5H,4,6H2,1-3H3,(H2,12,17)(H,15,16). The van der Waals surface area contributed by atoms with Crippen LogP contribution in [0, 0.1) is 0 Å². The van der Waals surface area contributed by atoms with E-state index >= 15 is 0 Å². The van der Waals surface area contributed by atoms with E-state index in [1.165, 1.54) is 0 Å². The highest BCUT2D eigenvalue weighted by Crippen LogP contribution is 2.27. The molecule has 6 nitrogen and oxygen atoms in total. The van der Waals surface area contributed by atoms with Gasteiger partial charge in [0.1, 0.15) is 5.54 Å².